The number of halogens is 6. The summed E-state index contributed by atoms with van der Waals surface area (Å²) in [5.41, 5.74) is -1.22. The lowest BCUT2D eigenvalue weighted by Crippen LogP contribution is -2.51. The van der Waals surface area contributed by atoms with Crippen LogP contribution >= 0.6 is 23.2 Å². The molecule has 4 rings (SSSR count). The van der Waals surface area contributed by atoms with E-state index in [1.54, 1.807) is 4.90 Å². The molecule has 1 aromatic carbocycles. The Hall–Kier alpha value is -2.43. The van der Waals surface area contributed by atoms with Crippen molar-refractivity contribution in [1.29, 1.82) is 0 Å². The van der Waals surface area contributed by atoms with Gasteiger partial charge < -0.3 is 4.90 Å². The summed E-state index contributed by atoms with van der Waals surface area (Å²) in [7, 11) is 0. The zero-order valence-corrected chi connectivity index (χ0v) is 17.2. The predicted octanol–water partition coefficient (Wildman–Crippen LogP) is 3.86. The maximum absolute atomic E-state index is 14.3. The first-order valence-electron chi connectivity index (χ1n) is 9.12. The highest BCUT2D eigenvalue weighted by molar-refractivity contribution is 6.55. The number of aromatic nitrogens is 1. The van der Waals surface area contributed by atoms with Gasteiger partial charge in [-0.3, -0.25) is 19.4 Å². The molecule has 2 aliphatic rings. The van der Waals surface area contributed by atoms with Crippen LogP contribution in [-0.4, -0.2) is 54.4 Å². The Balaban J connectivity index is 1.46. The van der Waals surface area contributed by atoms with Gasteiger partial charge in [0, 0.05) is 32.4 Å². The minimum absolute atomic E-state index is 0.00471. The van der Waals surface area contributed by atoms with Gasteiger partial charge in [0.05, 0.1) is 33.5 Å². The number of ketones is 1. The molecule has 0 saturated carbocycles. The van der Waals surface area contributed by atoms with E-state index in [1.165, 1.54) is 6.07 Å². The van der Waals surface area contributed by atoms with Crippen LogP contribution in [0.2, 0.25) is 10.0 Å². The molecule has 0 bridgehead atoms. The standard InChI is InChI=1S/C19H14Cl2F4N4O2/c20-11-1-2-13(22)15-14(11)16(30)18(31)29(15)9-27-3-5-28(6-4-27)17-12(21)7-10(8-26-17)19(23,24)25/h1-2,7-8H,3-6,9H2. The molecule has 3 heterocycles. The number of nitrogens with zero attached hydrogens (tertiary/aromatic N) is 4. The summed E-state index contributed by atoms with van der Waals surface area (Å²) in [6.07, 6.45) is -3.81. The summed E-state index contributed by atoms with van der Waals surface area (Å²) in [6.45, 7) is 1.46. The molecule has 0 spiro atoms. The highest BCUT2D eigenvalue weighted by Gasteiger charge is 2.41. The van der Waals surface area contributed by atoms with E-state index in [9.17, 15) is 27.2 Å². The number of Topliss-reactive ketones (excluding diaryl/α,β-unsaturated/α-hetero) is 1. The summed E-state index contributed by atoms with van der Waals surface area (Å²) in [5, 5.41) is -0.112. The smallest absolute Gasteiger partial charge is 0.353 e. The van der Waals surface area contributed by atoms with Crippen LogP contribution in [0.1, 0.15) is 15.9 Å². The van der Waals surface area contributed by atoms with Gasteiger partial charge in [-0.2, -0.15) is 13.2 Å². The van der Waals surface area contributed by atoms with Crippen molar-refractivity contribution < 1.29 is 27.2 Å². The topological polar surface area (TPSA) is 56.8 Å². The average molecular weight is 477 g/mol. The molecule has 0 unspecified atom stereocenters. The Labute approximate surface area is 183 Å². The van der Waals surface area contributed by atoms with E-state index >= 15 is 0 Å². The first-order chi connectivity index (χ1) is 14.6. The van der Waals surface area contributed by atoms with E-state index < -0.39 is 29.2 Å². The SMILES string of the molecule is O=C1C(=O)N(CN2CCN(c3ncc(C(F)(F)F)cc3Cl)CC2)c2c(F)ccc(Cl)c21. The number of carbonyl (C=O) groups excluding carboxylic acids is 2. The van der Waals surface area contributed by atoms with Gasteiger partial charge in [0.25, 0.3) is 5.78 Å². The number of hydrogen-bond donors (Lipinski definition) is 0. The lowest BCUT2D eigenvalue weighted by atomic mass is 10.1. The molecule has 6 nitrogen and oxygen atoms in total. The number of alkyl halides is 3. The first-order valence-corrected chi connectivity index (χ1v) is 9.87. The second-order valence-electron chi connectivity index (χ2n) is 7.09. The molecule has 0 N–H and O–H groups in total. The van der Waals surface area contributed by atoms with Crippen LogP contribution in [0.3, 0.4) is 0 Å². The maximum atomic E-state index is 14.3. The third kappa shape index (κ3) is 3.95. The zero-order chi connectivity index (χ0) is 22.5. The highest BCUT2D eigenvalue weighted by Crippen LogP contribution is 2.37. The molecule has 2 aliphatic heterocycles. The van der Waals surface area contributed by atoms with Crippen molar-refractivity contribution in [3.05, 3.63) is 51.4 Å². The number of fused-ring (bicyclic) bond motifs is 1. The van der Waals surface area contributed by atoms with Crippen LogP contribution in [0.25, 0.3) is 0 Å². The summed E-state index contributed by atoms with van der Waals surface area (Å²) < 4.78 is 52.7. The van der Waals surface area contributed by atoms with Crippen LogP contribution in [0, 0.1) is 5.82 Å². The molecule has 0 atom stereocenters. The van der Waals surface area contributed by atoms with Crippen molar-refractivity contribution in [1.82, 2.24) is 9.88 Å². The molecule has 2 aromatic rings. The number of piperazine rings is 1. The predicted molar refractivity (Wildman–Crippen MR) is 106 cm³/mol. The fourth-order valence-electron chi connectivity index (χ4n) is 3.61. The number of carbonyl (C=O) groups is 2. The van der Waals surface area contributed by atoms with Crippen molar-refractivity contribution >= 4 is 46.4 Å². The number of pyridine rings is 1. The van der Waals surface area contributed by atoms with Gasteiger partial charge in [-0.25, -0.2) is 9.37 Å². The summed E-state index contributed by atoms with van der Waals surface area (Å²) in [6, 6.07) is 3.15. The number of anilines is 2. The van der Waals surface area contributed by atoms with Crippen molar-refractivity contribution in [2.45, 2.75) is 6.18 Å². The van der Waals surface area contributed by atoms with E-state index in [2.05, 4.69) is 4.98 Å². The molecule has 1 fully saturated rings. The molecule has 0 aliphatic carbocycles. The molecule has 12 heteroatoms. The van der Waals surface area contributed by atoms with E-state index in [-0.39, 0.29) is 33.8 Å². The van der Waals surface area contributed by atoms with Gasteiger partial charge >= 0.3 is 12.1 Å². The van der Waals surface area contributed by atoms with E-state index in [1.807, 2.05) is 4.90 Å². The molecular formula is C19H14Cl2F4N4O2. The van der Waals surface area contributed by atoms with Gasteiger partial charge in [-0.05, 0) is 18.2 Å². The fraction of sp³-hybridized carbons (Fsp3) is 0.316. The Morgan fingerprint density at radius 2 is 1.71 bits per heavy atom. The first kappa shape index (κ1) is 21.8. The monoisotopic (exact) mass is 476 g/mol. The van der Waals surface area contributed by atoms with Crippen molar-refractivity contribution in [2.75, 3.05) is 42.6 Å². The molecular weight excluding hydrogens is 463 g/mol. The van der Waals surface area contributed by atoms with E-state index in [4.69, 9.17) is 23.2 Å². The number of benzene rings is 1. The van der Waals surface area contributed by atoms with Gasteiger partial charge in [-0.1, -0.05) is 23.2 Å². The molecule has 1 saturated heterocycles. The Bertz CT molecular complexity index is 1070. The third-order valence-corrected chi connectivity index (χ3v) is 5.77. The van der Waals surface area contributed by atoms with Crippen LogP contribution in [0.5, 0.6) is 0 Å². The molecule has 31 heavy (non-hydrogen) atoms. The fourth-order valence-corrected chi connectivity index (χ4v) is 4.13. The Morgan fingerprint density at radius 1 is 1.03 bits per heavy atom. The van der Waals surface area contributed by atoms with Crippen molar-refractivity contribution in [3.8, 4) is 0 Å². The molecule has 164 valence electrons. The second kappa shape index (κ2) is 7.92. The van der Waals surface area contributed by atoms with Gasteiger partial charge in [-0.15, -0.1) is 0 Å². The van der Waals surface area contributed by atoms with Crippen LogP contribution in [-0.2, 0) is 11.0 Å². The third-order valence-electron chi connectivity index (χ3n) is 5.18. The zero-order valence-electron chi connectivity index (χ0n) is 15.7. The largest absolute Gasteiger partial charge is 0.417 e. The van der Waals surface area contributed by atoms with Gasteiger partial charge in [0.2, 0.25) is 0 Å². The molecule has 0 radical (unpaired) electrons. The Kier molecular flexibility index (Phi) is 5.57. The van der Waals surface area contributed by atoms with Crippen LogP contribution < -0.4 is 9.80 Å². The highest BCUT2D eigenvalue weighted by atomic mass is 35.5. The second-order valence-corrected chi connectivity index (χ2v) is 7.90. The van der Waals surface area contributed by atoms with Crippen molar-refractivity contribution in [3.63, 3.8) is 0 Å². The van der Waals surface area contributed by atoms with E-state index in [0.29, 0.717) is 26.2 Å². The minimum atomic E-state index is -4.54. The number of rotatable bonds is 3. The summed E-state index contributed by atoms with van der Waals surface area (Å²) in [4.78, 5) is 33.0. The summed E-state index contributed by atoms with van der Waals surface area (Å²) in [5.74, 6) is -2.22. The van der Waals surface area contributed by atoms with Gasteiger partial charge in [0.1, 0.15) is 11.6 Å². The summed E-state index contributed by atoms with van der Waals surface area (Å²) >= 11 is 12.0. The number of hydrogen-bond acceptors (Lipinski definition) is 5. The lowest BCUT2D eigenvalue weighted by Gasteiger charge is -2.37. The Morgan fingerprint density at radius 3 is 2.32 bits per heavy atom. The van der Waals surface area contributed by atoms with Gasteiger partial charge in [0.15, 0.2) is 0 Å². The number of amides is 1. The van der Waals surface area contributed by atoms with Crippen molar-refractivity contribution in [2.24, 2.45) is 0 Å². The average Bonchev–Trinajstić information content (AvgIpc) is 2.97. The molecule has 1 amide bonds. The quantitative estimate of drug-likeness (QED) is 0.497. The normalized spacial score (nSPS) is 17.5. The minimum Gasteiger partial charge on any atom is -0.353 e. The van der Waals surface area contributed by atoms with E-state index in [0.717, 1.165) is 23.2 Å². The molecule has 1 aromatic heterocycles. The lowest BCUT2D eigenvalue weighted by molar-refractivity contribution is -0.137. The van der Waals surface area contributed by atoms with Crippen LogP contribution in [0.4, 0.5) is 29.1 Å². The maximum Gasteiger partial charge on any atom is 0.417 e. The van der Waals surface area contributed by atoms with Crippen LogP contribution in [0.15, 0.2) is 24.4 Å².